The number of hydrogen-bond acceptors (Lipinski definition) is 3. The maximum absolute atomic E-state index is 6.05. The van der Waals surface area contributed by atoms with E-state index in [1.165, 1.54) is 24.8 Å². The second-order valence-electron chi connectivity index (χ2n) is 6.16. The van der Waals surface area contributed by atoms with Crippen molar-refractivity contribution in [3.05, 3.63) is 34.3 Å². The fourth-order valence-electron chi connectivity index (χ4n) is 3.20. The zero-order valence-electron chi connectivity index (χ0n) is 12.8. The molecule has 1 aromatic carbocycles. The Morgan fingerprint density at radius 1 is 1.25 bits per heavy atom. The Morgan fingerprint density at radius 2 is 1.90 bits per heavy atom. The summed E-state index contributed by atoms with van der Waals surface area (Å²) in [4.78, 5) is 4.81. The van der Waals surface area contributed by atoms with Gasteiger partial charge in [0, 0.05) is 29.1 Å². The normalized spacial score (nSPS) is 19.1. The molecular formula is C16H26BrN3. The van der Waals surface area contributed by atoms with E-state index in [1.54, 1.807) is 0 Å². The molecule has 1 aliphatic rings. The average Bonchev–Trinajstić information content (AvgIpc) is 2.36. The third kappa shape index (κ3) is 3.08. The van der Waals surface area contributed by atoms with Crippen molar-refractivity contribution in [2.24, 2.45) is 5.73 Å². The van der Waals surface area contributed by atoms with Crippen LogP contribution in [-0.2, 0) is 0 Å². The summed E-state index contributed by atoms with van der Waals surface area (Å²) in [5, 5.41) is 0. The third-order valence-electron chi connectivity index (χ3n) is 4.80. The summed E-state index contributed by atoms with van der Waals surface area (Å²) in [7, 11) is 6.59. The molecule has 0 saturated heterocycles. The SMILES string of the molecule is CN(CC1(N(C)C)CCC1)C(CN)c1ccccc1Br. The molecule has 1 aromatic rings. The highest BCUT2D eigenvalue weighted by atomic mass is 79.9. The van der Waals surface area contributed by atoms with Gasteiger partial charge in [-0.2, -0.15) is 0 Å². The van der Waals surface area contributed by atoms with Gasteiger partial charge in [0.05, 0.1) is 0 Å². The van der Waals surface area contributed by atoms with Crippen molar-refractivity contribution in [3.63, 3.8) is 0 Å². The zero-order chi connectivity index (χ0) is 14.8. The molecule has 1 fully saturated rings. The predicted molar refractivity (Wildman–Crippen MR) is 88.8 cm³/mol. The summed E-state index contributed by atoms with van der Waals surface area (Å²) in [5.74, 6) is 0. The summed E-state index contributed by atoms with van der Waals surface area (Å²) in [5.41, 5.74) is 7.67. The van der Waals surface area contributed by atoms with Crippen LogP contribution in [0.25, 0.3) is 0 Å². The van der Waals surface area contributed by atoms with Gasteiger partial charge in [0.15, 0.2) is 0 Å². The van der Waals surface area contributed by atoms with Crippen LogP contribution in [0.4, 0.5) is 0 Å². The minimum Gasteiger partial charge on any atom is -0.329 e. The number of benzene rings is 1. The number of hydrogen-bond donors (Lipinski definition) is 1. The Balaban J connectivity index is 2.14. The first-order valence-electron chi connectivity index (χ1n) is 7.32. The number of halogens is 1. The van der Waals surface area contributed by atoms with Gasteiger partial charge in [0.2, 0.25) is 0 Å². The van der Waals surface area contributed by atoms with E-state index in [9.17, 15) is 0 Å². The van der Waals surface area contributed by atoms with Crippen molar-refractivity contribution in [2.45, 2.75) is 30.8 Å². The molecule has 1 atom stereocenters. The molecule has 0 radical (unpaired) electrons. The van der Waals surface area contributed by atoms with E-state index in [0.29, 0.717) is 12.1 Å². The van der Waals surface area contributed by atoms with Crippen LogP contribution in [0, 0.1) is 0 Å². The van der Waals surface area contributed by atoms with E-state index in [0.717, 1.165) is 11.0 Å². The smallest absolute Gasteiger partial charge is 0.0479 e. The van der Waals surface area contributed by atoms with Crippen molar-refractivity contribution in [1.29, 1.82) is 0 Å². The molecule has 0 aromatic heterocycles. The van der Waals surface area contributed by atoms with Gasteiger partial charge in [-0.1, -0.05) is 34.1 Å². The molecule has 0 heterocycles. The monoisotopic (exact) mass is 339 g/mol. The summed E-state index contributed by atoms with van der Waals surface area (Å²) < 4.78 is 1.15. The summed E-state index contributed by atoms with van der Waals surface area (Å²) in [6.45, 7) is 1.71. The average molecular weight is 340 g/mol. The standard InChI is InChI=1S/C16H26BrN3/c1-19(2)16(9-6-10-16)12-20(3)15(11-18)13-7-4-5-8-14(13)17/h4-5,7-8,15H,6,9-12,18H2,1-3H3. The molecule has 2 N–H and O–H groups in total. The highest BCUT2D eigenvalue weighted by Gasteiger charge is 2.40. The van der Waals surface area contributed by atoms with E-state index in [2.05, 4.69) is 71.1 Å². The van der Waals surface area contributed by atoms with E-state index in [-0.39, 0.29) is 6.04 Å². The van der Waals surface area contributed by atoms with Crippen LogP contribution in [0.5, 0.6) is 0 Å². The van der Waals surface area contributed by atoms with Gasteiger partial charge >= 0.3 is 0 Å². The first-order chi connectivity index (χ1) is 9.50. The Labute approximate surface area is 131 Å². The number of rotatable bonds is 6. The molecule has 3 nitrogen and oxygen atoms in total. The van der Waals surface area contributed by atoms with Crippen molar-refractivity contribution < 1.29 is 0 Å². The van der Waals surface area contributed by atoms with Gasteiger partial charge in [-0.05, 0) is 52.0 Å². The highest BCUT2D eigenvalue weighted by molar-refractivity contribution is 9.10. The van der Waals surface area contributed by atoms with Crippen molar-refractivity contribution in [2.75, 3.05) is 34.2 Å². The summed E-state index contributed by atoms with van der Waals surface area (Å²) in [6, 6.07) is 8.66. The lowest BCUT2D eigenvalue weighted by molar-refractivity contribution is 0.0167. The topological polar surface area (TPSA) is 32.5 Å². The van der Waals surface area contributed by atoms with Crippen LogP contribution < -0.4 is 5.73 Å². The van der Waals surface area contributed by atoms with E-state index >= 15 is 0 Å². The molecular weight excluding hydrogens is 314 g/mol. The lowest BCUT2D eigenvalue weighted by Gasteiger charge is -2.50. The predicted octanol–water partition coefficient (Wildman–Crippen LogP) is 2.87. The van der Waals surface area contributed by atoms with Gasteiger partial charge in [-0.25, -0.2) is 0 Å². The van der Waals surface area contributed by atoms with Crippen LogP contribution in [0.15, 0.2) is 28.7 Å². The molecule has 0 amide bonds. The molecule has 1 aliphatic carbocycles. The quantitative estimate of drug-likeness (QED) is 0.864. The maximum atomic E-state index is 6.05. The van der Waals surface area contributed by atoms with Crippen LogP contribution >= 0.6 is 15.9 Å². The van der Waals surface area contributed by atoms with Gasteiger partial charge in [-0.3, -0.25) is 4.90 Å². The molecule has 112 valence electrons. The van der Waals surface area contributed by atoms with Gasteiger partial charge in [-0.15, -0.1) is 0 Å². The van der Waals surface area contributed by atoms with Crippen molar-refractivity contribution in [1.82, 2.24) is 9.80 Å². The second kappa shape index (κ2) is 6.56. The van der Waals surface area contributed by atoms with E-state index < -0.39 is 0 Å². The number of likely N-dealkylation sites (N-methyl/N-ethyl adjacent to an activating group) is 2. The van der Waals surface area contributed by atoms with Crippen molar-refractivity contribution in [3.8, 4) is 0 Å². The fraction of sp³-hybridized carbons (Fsp3) is 0.625. The first kappa shape index (κ1) is 16.0. The molecule has 0 bridgehead atoms. The molecule has 1 saturated carbocycles. The molecule has 0 spiro atoms. The second-order valence-corrected chi connectivity index (χ2v) is 7.01. The van der Waals surface area contributed by atoms with Gasteiger partial charge < -0.3 is 10.6 Å². The third-order valence-corrected chi connectivity index (χ3v) is 5.52. The van der Waals surface area contributed by atoms with Crippen molar-refractivity contribution >= 4 is 15.9 Å². The largest absolute Gasteiger partial charge is 0.329 e. The van der Waals surface area contributed by atoms with E-state index in [1.807, 2.05) is 0 Å². The molecule has 0 aliphatic heterocycles. The Hall–Kier alpha value is -0.420. The number of nitrogens with two attached hydrogens (primary N) is 1. The summed E-state index contributed by atoms with van der Waals surface area (Å²) in [6.07, 6.45) is 3.92. The highest BCUT2D eigenvalue weighted by Crippen LogP contribution is 2.38. The molecule has 4 heteroatoms. The van der Waals surface area contributed by atoms with Gasteiger partial charge in [0.1, 0.15) is 0 Å². The Kier molecular flexibility index (Phi) is 5.24. The summed E-state index contributed by atoms with van der Waals surface area (Å²) >= 11 is 3.65. The van der Waals surface area contributed by atoms with Gasteiger partial charge in [0.25, 0.3) is 0 Å². The Morgan fingerprint density at radius 3 is 2.35 bits per heavy atom. The zero-order valence-corrected chi connectivity index (χ0v) is 14.4. The van der Waals surface area contributed by atoms with Crippen LogP contribution in [0.2, 0.25) is 0 Å². The molecule has 20 heavy (non-hydrogen) atoms. The number of nitrogens with zero attached hydrogens (tertiary/aromatic N) is 2. The van der Waals surface area contributed by atoms with E-state index in [4.69, 9.17) is 5.73 Å². The lowest BCUT2D eigenvalue weighted by atomic mass is 9.75. The Bertz CT molecular complexity index is 443. The molecule has 2 rings (SSSR count). The van der Waals surface area contributed by atoms with Crippen LogP contribution in [0.3, 0.4) is 0 Å². The first-order valence-corrected chi connectivity index (χ1v) is 8.11. The maximum Gasteiger partial charge on any atom is 0.0479 e. The molecule has 1 unspecified atom stereocenters. The minimum atomic E-state index is 0.267. The van der Waals surface area contributed by atoms with Crippen LogP contribution in [-0.4, -0.2) is 49.6 Å². The fourth-order valence-corrected chi connectivity index (χ4v) is 3.74. The lowest BCUT2D eigenvalue weighted by Crippen LogP contribution is -2.57. The minimum absolute atomic E-state index is 0.267. The van der Waals surface area contributed by atoms with Crippen LogP contribution in [0.1, 0.15) is 30.9 Å².